The van der Waals surface area contributed by atoms with Gasteiger partial charge in [-0.25, -0.2) is 9.40 Å². The number of carbonyl (C=O) groups is 2. The maximum atomic E-state index is 13.2. The Morgan fingerprint density at radius 1 is 0.971 bits per heavy atom. The normalized spacial score (nSPS) is 18.5. The zero-order chi connectivity index (χ0) is 24.2. The van der Waals surface area contributed by atoms with E-state index < -0.39 is 0 Å². The third-order valence-corrected chi connectivity index (χ3v) is 6.10. The zero-order valence-corrected chi connectivity index (χ0v) is 19.0. The second kappa shape index (κ2) is 10.1. The molecular formula is C25H25FN4O5. The highest BCUT2D eigenvalue weighted by molar-refractivity contribution is 6.01. The van der Waals surface area contributed by atoms with Gasteiger partial charge in [-0.2, -0.15) is 5.10 Å². The molecule has 2 aliphatic heterocycles. The summed E-state index contributed by atoms with van der Waals surface area (Å²) in [7, 11) is 0. The minimum Gasteiger partial charge on any atom is -0.484 e. The molecule has 3 aromatic rings. The molecule has 0 saturated carbocycles. The van der Waals surface area contributed by atoms with Crippen LogP contribution in [0.2, 0.25) is 0 Å². The van der Waals surface area contributed by atoms with Crippen molar-refractivity contribution in [3.8, 4) is 5.75 Å². The van der Waals surface area contributed by atoms with Crippen molar-refractivity contribution in [3.63, 3.8) is 0 Å². The summed E-state index contributed by atoms with van der Waals surface area (Å²) in [4.78, 5) is 29.4. The van der Waals surface area contributed by atoms with Crippen LogP contribution in [0.4, 0.5) is 4.39 Å². The van der Waals surface area contributed by atoms with Crippen molar-refractivity contribution in [2.75, 3.05) is 39.3 Å². The molecule has 2 aromatic heterocycles. The Hall–Kier alpha value is -3.92. The van der Waals surface area contributed by atoms with Gasteiger partial charge in [0.2, 0.25) is 0 Å². The molecule has 1 atom stereocenters. The number of carbonyl (C=O) groups excluding carboxylic acids is 2. The van der Waals surface area contributed by atoms with Crippen LogP contribution in [0.15, 0.2) is 75.0 Å². The summed E-state index contributed by atoms with van der Waals surface area (Å²) < 4.78 is 29.5. The highest BCUT2D eigenvalue weighted by Gasteiger charge is 2.36. The van der Waals surface area contributed by atoms with Crippen molar-refractivity contribution in [1.82, 2.24) is 14.8 Å². The molecule has 2 aliphatic rings. The van der Waals surface area contributed by atoms with E-state index in [1.54, 1.807) is 29.6 Å². The first-order chi connectivity index (χ1) is 17.1. The molecule has 0 radical (unpaired) electrons. The Morgan fingerprint density at radius 2 is 1.71 bits per heavy atom. The van der Waals surface area contributed by atoms with Crippen LogP contribution in [0.3, 0.4) is 0 Å². The third kappa shape index (κ3) is 5.27. The number of furan rings is 2. The van der Waals surface area contributed by atoms with Gasteiger partial charge in [0.25, 0.3) is 11.8 Å². The molecule has 35 heavy (non-hydrogen) atoms. The van der Waals surface area contributed by atoms with Crippen LogP contribution in [0.1, 0.15) is 24.0 Å². The molecule has 0 aliphatic carbocycles. The molecule has 1 fully saturated rings. The van der Waals surface area contributed by atoms with Crippen LogP contribution in [0.5, 0.6) is 5.75 Å². The Labute approximate surface area is 201 Å². The van der Waals surface area contributed by atoms with Crippen molar-refractivity contribution in [1.29, 1.82) is 0 Å². The highest BCUT2D eigenvalue weighted by Crippen LogP contribution is 2.33. The Bertz CT molecular complexity index is 1170. The molecule has 2 amide bonds. The second-order valence-corrected chi connectivity index (χ2v) is 8.40. The van der Waals surface area contributed by atoms with E-state index in [2.05, 4.69) is 5.10 Å². The average molecular weight is 480 g/mol. The fourth-order valence-corrected chi connectivity index (χ4v) is 4.22. The molecule has 0 N–H and O–H groups in total. The molecule has 182 valence electrons. The Kier molecular flexibility index (Phi) is 6.62. The molecule has 5 rings (SSSR count). The van der Waals surface area contributed by atoms with Crippen molar-refractivity contribution in [2.45, 2.75) is 12.5 Å². The Balaban J connectivity index is 1.15. The predicted molar refractivity (Wildman–Crippen MR) is 123 cm³/mol. The van der Waals surface area contributed by atoms with Gasteiger partial charge in [0.1, 0.15) is 34.8 Å². The van der Waals surface area contributed by atoms with Gasteiger partial charge < -0.3 is 18.5 Å². The molecule has 1 unspecified atom stereocenters. The van der Waals surface area contributed by atoms with Crippen LogP contribution in [-0.2, 0) is 9.59 Å². The van der Waals surface area contributed by atoms with Gasteiger partial charge in [-0.05, 0) is 48.5 Å². The number of benzene rings is 1. The van der Waals surface area contributed by atoms with E-state index in [4.69, 9.17) is 13.6 Å². The van der Waals surface area contributed by atoms with Gasteiger partial charge in [-0.1, -0.05) is 0 Å². The predicted octanol–water partition coefficient (Wildman–Crippen LogP) is 2.91. The number of halogens is 1. The first-order valence-electron chi connectivity index (χ1n) is 11.4. The van der Waals surface area contributed by atoms with E-state index in [1.807, 2.05) is 17.0 Å². The SMILES string of the molecule is O=C(COc1ccc(F)cc1)N1CCN(CC(=O)N2N=C(c3ccco3)CC2c2ccco2)CC1. The average Bonchev–Trinajstić information content (AvgIpc) is 3.65. The molecule has 4 heterocycles. The van der Waals surface area contributed by atoms with Crippen molar-refractivity contribution in [2.24, 2.45) is 5.10 Å². The lowest BCUT2D eigenvalue weighted by atomic mass is 10.1. The number of hydrogen-bond acceptors (Lipinski definition) is 7. The van der Waals surface area contributed by atoms with Crippen molar-refractivity contribution < 1.29 is 27.6 Å². The number of hydrogen-bond donors (Lipinski definition) is 0. The van der Waals surface area contributed by atoms with E-state index >= 15 is 0 Å². The van der Waals surface area contributed by atoms with E-state index in [9.17, 15) is 14.0 Å². The monoisotopic (exact) mass is 480 g/mol. The number of nitrogens with zero attached hydrogens (tertiary/aromatic N) is 4. The maximum absolute atomic E-state index is 13.2. The lowest BCUT2D eigenvalue weighted by molar-refractivity contribution is -0.137. The second-order valence-electron chi connectivity index (χ2n) is 8.40. The quantitative estimate of drug-likeness (QED) is 0.517. The summed E-state index contributed by atoms with van der Waals surface area (Å²) in [6.45, 7) is 2.15. The summed E-state index contributed by atoms with van der Waals surface area (Å²) in [6, 6.07) is 12.5. The molecule has 1 saturated heterocycles. The van der Waals surface area contributed by atoms with Crippen LogP contribution >= 0.6 is 0 Å². The standard InChI is InChI=1S/C25H25FN4O5/c26-18-5-7-19(8-6-18)35-17-25(32)29-11-9-28(10-12-29)16-24(31)30-21(23-4-2-14-34-23)15-20(27-30)22-3-1-13-33-22/h1-8,13-14,21H,9-12,15-17H2. The summed E-state index contributed by atoms with van der Waals surface area (Å²) in [5, 5.41) is 6.03. The molecule has 1 aromatic carbocycles. The van der Waals surface area contributed by atoms with Gasteiger partial charge in [-0.3, -0.25) is 14.5 Å². The van der Waals surface area contributed by atoms with E-state index in [0.717, 1.165) is 0 Å². The van der Waals surface area contributed by atoms with Gasteiger partial charge in [-0.15, -0.1) is 0 Å². The van der Waals surface area contributed by atoms with Crippen molar-refractivity contribution >= 4 is 17.5 Å². The third-order valence-electron chi connectivity index (χ3n) is 6.10. The van der Waals surface area contributed by atoms with Crippen LogP contribution in [-0.4, -0.2) is 71.7 Å². The fraction of sp³-hybridized carbons (Fsp3) is 0.320. The maximum Gasteiger partial charge on any atom is 0.260 e. The number of amides is 2. The van der Waals surface area contributed by atoms with E-state index in [0.29, 0.717) is 55.6 Å². The molecule has 0 bridgehead atoms. The number of rotatable bonds is 7. The smallest absolute Gasteiger partial charge is 0.260 e. The lowest BCUT2D eigenvalue weighted by Gasteiger charge is -2.35. The minimum absolute atomic E-state index is 0.118. The lowest BCUT2D eigenvalue weighted by Crippen LogP contribution is -2.52. The summed E-state index contributed by atoms with van der Waals surface area (Å²) in [5.74, 6) is 1.08. The van der Waals surface area contributed by atoms with Crippen LogP contribution < -0.4 is 4.74 Å². The molecule has 10 heteroatoms. The van der Waals surface area contributed by atoms with Gasteiger partial charge in [0.05, 0.1) is 19.1 Å². The molecular weight excluding hydrogens is 455 g/mol. The number of piperazine rings is 1. The summed E-state index contributed by atoms with van der Waals surface area (Å²) in [6.07, 6.45) is 3.66. The molecule has 0 spiro atoms. The van der Waals surface area contributed by atoms with Gasteiger partial charge in [0.15, 0.2) is 6.61 Å². The number of ether oxygens (including phenoxy) is 1. The van der Waals surface area contributed by atoms with Crippen LogP contribution in [0, 0.1) is 5.82 Å². The minimum atomic E-state index is -0.360. The van der Waals surface area contributed by atoms with E-state index in [-0.39, 0.29) is 36.8 Å². The highest BCUT2D eigenvalue weighted by atomic mass is 19.1. The summed E-state index contributed by atoms with van der Waals surface area (Å²) >= 11 is 0. The number of hydrazone groups is 1. The Morgan fingerprint density at radius 3 is 2.40 bits per heavy atom. The first kappa shape index (κ1) is 22.9. The summed E-state index contributed by atoms with van der Waals surface area (Å²) in [5.41, 5.74) is 0.696. The zero-order valence-electron chi connectivity index (χ0n) is 19.0. The van der Waals surface area contributed by atoms with Gasteiger partial charge >= 0.3 is 0 Å². The largest absolute Gasteiger partial charge is 0.484 e. The topological polar surface area (TPSA) is 91.7 Å². The van der Waals surface area contributed by atoms with E-state index in [1.165, 1.54) is 29.3 Å². The fourth-order valence-electron chi connectivity index (χ4n) is 4.22. The van der Waals surface area contributed by atoms with Crippen molar-refractivity contribution in [3.05, 3.63) is 78.4 Å². The molecule has 9 nitrogen and oxygen atoms in total. The van der Waals surface area contributed by atoms with Gasteiger partial charge in [0, 0.05) is 32.6 Å². The van der Waals surface area contributed by atoms with Crippen LogP contribution in [0.25, 0.3) is 0 Å². The first-order valence-corrected chi connectivity index (χ1v) is 11.4.